The fourth-order valence-corrected chi connectivity index (χ4v) is 2.59. The summed E-state index contributed by atoms with van der Waals surface area (Å²) in [6, 6.07) is 5.91. The highest BCUT2D eigenvalue weighted by atomic mass is 16.6. The number of anilines is 2. The number of nitrogens with zero attached hydrogens (tertiary/aromatic N) is 2. The molecule has 0 spiro atoms. The van der Waals surface area contributed by atoms with Crippen LogP contribution in [0.2, 0.25) is 0 Å². The zero-order chi connectivity index (χ0) is 15.7. The first-order valence-corrected chi connectivity index (χ1v) is 7.57. The molecule has 1 amide bonds. The Balaban J connectivity index is 1.83. The quantitative estimate of drug-likeness (QED) is 0.914. The van der Waals surface area contributed by atoms with Gasteiger partial charge in [-0.3, -0.25) is 5.32 Å². The van der Waals surface area contributed by atoms with Crippen molar-refractivity contribution in [1.29, 1.82) is 0 Å². The summed E-state index contributed by atoms with van der Waals surface area (Å²) in [7, 11) is 0. The van der Waals surface area contributed by atoms with Crippen LogP contribution in [0.15, 0.2) is 22.7 Å². The third-order valence-corrected chi connectivity index (χ3v) is 3.54. The monoisotopic (exact) mass is 303 g/mol. The molecule has 1 aliphatic heterocycles. The standard InChI is InChI=1S/C16H21N3O3/c1-16(2,3)21-15(20)17-14-12-10-11(19-8-4-5-9-19)6-7-13(12)22-18-14/h6-7,10H,4-5,8-9H2,1-3H3,(H,17,18,20). The zero-order valence-electron chi connectivity index (χ0n) is 13.2. The minimum absolute atomic E-state index is 0.394. The van der Waals surface area contributed by atoms with Gasteiger partial charge in [0.2, 0.25) is 0 Å². The zero-order valence-corrected chi connectivity index (χ0v) is 13.2. The van der Waals surface area contributed by atoms with E-state index in [0.717, 1.165) is 24.2 Å². The van der Waals surface area contributed by atoms with E-state index >= 15 is 0 Å². The Bertz CT molecular complexity index is 681. The molecule has 118 valence electrons. The van der Waals surface area contributed by atoms with Gasteiger partial charge in [0.05, 0.1) is 5.39 Å². The minimum atomic E-state index is -0.551. The van der Waals surface area contributed by atoms with Crippen LogP contribution < -0.4 is 10.2 Å². The number of fused-ring (bicyclic) bond motifs is 1. The van der Waals surface area contributed by atoms with E-state index in [1.165, 1.54) is 12.8 Å². The molecule has 1 fully saturated rings. The predicted octanol–water partition coefficient (Wildman–Crippen LogP) is 3.78. The first-order valence-electron chi connectivity index (χ1n) is 7.57. The fourth-order valence-electron chi connectivity index (χ4n) is 2.59. The summed E-state index contributed by atoms with van der Waals surface area (Å²) < 4.78 is 10.5. The highest BCUT2D eigenvalue weighted by Crippen LogP contribution is 2.29. The van der Waals surface area contributed by atoms with E-state index in [-0.39, 0.29) is 0 Å². The van der Waals surface area contributed by atoms with Crippen LogP contribution in [-0.2, 0) is 4.74 Å². The van der Waals surface area contributed by atoms with Crippen LogP contribution in [0.25, 0.3) is 11.0 Å². The molecule has 0 bridgehead atoms. The smallest absolute Gasteiger partial charge is 0.413 e. The number of benzene rings is 1. The van der Waals surface area contributed by atoms with E-state index < -0.39 is 11.7 Å². The molecule has 0 unspecified atom stereocenters. The predicted molar refractivity (Wildman–Crippen MR) is 85.3 cm³/mol. The van der Waals surface area contributed by atoms with Crippen LogP contribution in [0, 0.1) is 0 Å². The maximum Gasteiger partial charge on any atom is 0.413 e. The molecule has 1 aliphatic rings. The summed E-state index contributed by atoms with van der Waals surface area (Å²) in [6.45, 7) is 7.58. The molecule has 2 heterocycles. The van der Waals surface area contributed by atoms with Crippen LogP contribution in [0.1, 0.15) is 33.6 Å². The van der Waals surface area contributed by atoms with E-state index in [9.17, 15) is 4.79 Å². The summed E-state index contributed by atoms with van der Waals surface area (Å²) in [5, 5.41) is 7.37. The number of aromatic nitrogens is 1. The summed E-state index contributed by atoms with van der Waals surface area (Å²) in [4.78, 5) is 14.2. The first-order chi connectivity index (χ1) is 10.4. The van der Waals surface area contributed by atoms with Crippen molar-refractivity contribution in [1.82, 2.24) is 5.16 Å². The molecule has 22 heavy (non-hydrogen) atoms. The number of hydrogen-bond donors (Lipinski definition) is 1. The highest BCUT2D eigenvalue weighted by molar-refractivity contribution is 5.97. The summed E-state index contributed by atoms with van der Waals surface area (Å²) in [6.07, 6.45) is 1.89. The van der Waals surface area contributed by atoms with Gasteiger partial charge in [0, 0.05) is 18.8 Å². The van der Waals surface area contributed by atoms with E-state index in [0.29, 0.717) is 11.4 Å². The van der Waals surface area contributed by atoms with Crippen molar-refractivity contribution in [3.8, 4) is 0 Å². The Morgan fingerprint density at radius 3 is 2.73 bits per heavy atom. The molecule has 1 aromatic heterocycles. The minimum Gasteiger partial charge on any atom is -0.444 e. The van der Waals surface area contributed by atoms with E-state index in [1.54, 1.807) is 0 Å². The van der Waals surface area contributed by atoms with Crippen molar-refractivity contribution >= 4 is 28.6 Å². The van der Waals surface area contributed by atoms with Crippen molar-refractivity contribution in [3.05, 3.63) is 18.2 Å². The van der Waals surface area contributed by atoms with E-state index in [1.807, 2.05) is 39.0 Å². The molecular formula is C16H21N3O3. The molecule has 1 N–H and O–H groups in total. The van der Waals surface area contributed by atoms with Crippen molar-refractivity contribution < 1.29 is 14.1 Å². The van der Waals surface area contributed by atoms with Gasteiger partial charge < -0.3 is 14.2 Å². The number of carbonyl (C=O) groups is 1. The van der Waals surface area contributed by atoms with Gasteiger partial charge in [-0.1, -0.05) is 5.16 Å². The van der Waals surface area contributed by atoms with E-state index in [4.69, 9.17) is 9.26 Å². The number of rotatable bonds is 2. The molecule has 6 heteroatoms. The number of carbonyl (C=O) groups excluding carboxylic acids is 1. The number of ether oxygens (including phenoxy) is 1. The third-order valence-electron chi connectivity index (χ3n) is 3.54. The number of hydrogen-bond acceptors (Lipinski definition) is 5. The normalized spacial score (nSPS) is 15.3. The summed E-state index contributed by atoms with van der Waals surface area (Å²) >= 11 is 0. The van der Waals surface area contributed by atoms with Gasteiger partial charge in [-0.25, -0.2) is 4.79 Å². The molecule has 0 saturated carbocycles. The van der Waals surface area contributed by atoms with Gasteiger partial charge in [-0.05, 0) is 51.8 Å². The lowest BCUT2D eigenvalue weighted by molar-refractivity contribution is 0.0635. The lowest BCUT2D eigenvalue weighted by Gasteiger charge is -2.19. The molecule has 6 nitrogen and oxygen atoms in total. The molecule has 0 aliphatic carbocycles. The number of nitrogens with one attached hydrogen (secondary N) is 1. The van der Waals surface area contributed by atoms with Gasteiger partial charge in [-0.15, -0.1) is 0 Å². The molecule has 0 radical (unpaired) electrons. The Hall–Kier alpha value is -2.24. The first kappa shape index (κ1) is 14.7. The van der Waals surface area contributed by atoms with Gasteiger partial charge in [0.15, 0.2) is 11.4 Å². The molecular weight excluding hydrogens is 282 g/mol. The van der Waals surface area contributed by atoms with Gasteiger partial charge in [0.25, 0.3) is 0 Å². The largest absolute Gasteiger partial charge is 0.444 e. The number of amides is 1. The van der Waals surface area contributed by atoms with Crippen molar-refractivity contribution in [2.24, 2.45) is 0 Å². The third kappa shape index (κ3) is 3.16. The van der Waals surface area contributed by atoms with Crippen LogP contribution in [0.5, 0.6) is 0 Å². The Morgan fingerprint density at radius 1 is 1.32 bits per heavy atom. The molecule has 1 saturated heterocycles. The van der Waals surface area contributed by atoms with Gasteiger partial charge in [-0.2, -0.15) is 0 Å². The second kappa shape index (κ2) is 5.51. The maximum atomic E-state index is 11.9. The topological polar surface area (TPSA) is 67.6 Å². The Morgan fingerprint density at radius 2 is 2.05 bits per heavy atom. The second-order valence-corrected chi connectivity index (χ2v) is 6.53. The van der Waals surface area contributed by atoms with Crippen LogP contribution in [0.3, 0.4) is 0 Å². The Kier molecular flexibility index (Phi) is 3.68. The lowest BCUT2D eigenvalue weighted by atomic mass is 10.2. The van der Waals surface area contributed by atoms with Crippen molar-refractivity contribution in [2.75, 3.05) is 23.3 Å². The average molecular weight is 303 g/mol. The highest BCUT2D eigenvalue weighted by Gasteiger charge is 2.20. The van der Waals surface area contributed by atoms with Gasteiger partial charge in [0.1, 0.15) is 5.60 Å². The molecule has 1 aromatic carbocycles. The van der Waals surface area contributed by atoms with Crippen molar-refractivity contribution in [2.45, 2.75) is 39.2 Å². The summed E-state index contributed by atoms with van der Waals surface area (Å²) in [5.41, 5.74) is 1.22. The molecule has 2 aromatic rings. The lowest BCUT2D eigenvalue weighted by Crippen LogP contribution is -2.27. The SMILES string of the molecule is CC(C)(C)OC(=O)Nc1noc2ccc(N3CCCC3)cc12. The van der Waals surface area contributed by atoms with Crippen LogP contribution in [0.4, 0.5) is 16.3 Å². The van der Waals surface area contributed by atoms with Crippen LogP contribution in [-0.4, -0.2) is 29.9 Å². The molecule has 0 atom stereocenters. The average Bonchev–Trinajstić information content (AvgIpc) is 3.06. The maximum absolute atomic E-state index is 11.9. The summed E-state index contributed by atoms with van der Waals surface area (Å²) in [5.74, 6) is 0.394. The van der Waals surface area contributed by atoms with Crippen molar-refractivity contribution in [3.63, 3.8) is 0 Å². The fraction of sp³-hybridized carbons (Fsp3) is 0.500. The Labute approximate surface area is 129 Å². The van der Waals surface area contributed by atoms with Gasteiger partial charge >= 0.3 is 6.09 Å². The second-order valence-electron chi connectivity index (χ2n) is 6.53. The van der Waals surface area contributed by atoms with E-state index in [2.05, 4.69) is 15.4 Å². The van der Waals surface area contributed by atoms with Crippen LogP contribution >= 0.6 is 0 Å². The molecule has 3 rings (SSSR count).